The molecular weight excluding hydrogens is 577 g/mol. The predicted octanol–water partition coefficient (Wildman–Crippen LogP) is 12.3. The Kier molecular flexibility index (Phi) is 6.84. The highest BCUT2D eigenvalue weighted by Crippen LogP contribution is 2.44. The number of fused-ring (bicyclic) bond motifs is 4. The van der Waals surface area contributed by atoms with Gasteiger partial charge in [-0.15, -0.1) is 0 Å². The fourth-order valence-electron chi connectivity index (χ4n) is 7.17. The Balaban J connectivity index is 1.39. The lowest BCUT2D eigenvalue weighted by Crippen LogP contribution is -2.10. The molecule has 0 aliphatic heterocycles. The molecule has 0 saturated carbocycles. The van der Waals surface area contributed by atoms with E-state index in [2.05, 4.69) is 187 Å². The molecule has 0 aliphatic rings. The molecule has 0 unspecified atom stereocenters. The summed E-state index contributed by atoms with van der Waals surface area (Å²) in [6.07, 6.45) is 0. The number of hydrogen-bond donors (Lipinski definition) is 0. The lowest BCUT2D eigenvalue weighted by molar-refractivity contribution is 0.590. The Labute approximate surface area is 283 Å². The summed E-state index contributed by atoms with van der Waals surface area (Å²) in [6, 6.07) is 44.0. The van der Waals surface area contributed by atoms with Crippen molar-refractivity contribution in [1.29, 1.82) is 0 Å². The molecule has 0 fully saturated rings. The summed E-state index contributed by atoms with van der Waals surface area (Å²) in [7, 11) is 0. The number of rotatable bonds is 0. The second kappa shape index (κ2) is 11.0. The molecule has 0 nitrogen and oxygen atoms in total. The molecular formula is C48H38. The molecule has 48 heavy (non-hydrogen) atoms. The summed E-state index contributed by atoms with van der Waals surface area (Å²) in [5.74, 6) is 14.4. The van der Waals surface area contributed by atoms with Crippen LogP contribution in [0.3, 0.4) is 0 Å². The van der Waals surface area contributed by atoms with Crippen LogP contribution in [0.15, 0.2) is 121 Å². The maximum Gasteiger partial charge on any atom is 0.0406 e. The number of hydrogen-bond acceptors (Lipinski definition) is 0. The molecule has 0 saturated heterocycles. The summed E-state index contributed by atoms with van der Waals surface area (Å²) in [6.45, 7) is 13.5. The quantitative estimate of drug-likeness (QED) is 0.0905. The average molecular weight is 615 g/mol. The van der Waals surface area contributed by atoms with Gasteiger partial charge in [0.1, 0.15) is 0 Å². The Hall–Kier alpha value is -5.56. The van der Waals surface area contributed by atoms with E-state index in [-0.39, 0.29) is 10.8 Å². The van der Waals surface area contributed by atoms with Gasteiger partial charge < -0.3 is 0 Å². The van der Waals surface area contributed by atoms with Crippen molar-refractivity contribution in [2.75, 3.05) is 0 Å². The van der Waals surface area contributed by atoms with Gasteiger partial charge in [-0.2, -0.15) is 0 Å². The molecule has 0 bridgehead atoms. The molecule has 0 aromatic heterocycles. The lowest BCUT2D eigenvalue weighted by atomic mass is 9.84. The van der Waals surface area contributed by atoms with E-state index in [1.165, 1.54) is 65.0 Å². The van der Waals surface area contributed by atoms with Crippen LogP contribution >= 0.6 is 0 Å². The van der Waals surface area contributed by atoms with Gasteiger partial charge in [0.05, 0.1) is 0 Å². The van der Waals surface area contributed by atoms with Crippen molar-refractivity contribution in [1.82, 2.24) is 0 Å². The smallest absolute Gasteiger partial charge is 0.0406 e. The first-order valence-corrected chi connectivity index (χ1v) is 16.9. The van der Waals surface area contributed by atoms with Gasteiger partial charge in [0.15, 0.2) is 0 Å². The molecule has 0 spiro atoms. The maximum atomic E-state index is 3.65. The molecule has 0 radical (unpaired) electrons. The first-order chi connectivity index (χ1) is 23.1. The fourth-order valence-corrected chi connectivity index (χ4v) is 7.17. The van der Waals surface area contributed by atoms with Crippen molar-refractivity contribution in [3.05, 3.63) is 155 Å². The van der Waals surface area contributed by atoms with Gasteiger partial charge >= 0.3 is 0 Å². The third-order valence-electron chi connectivity index (χ3n) is 9.84. The van der Waals surface area contributed by atoms with Crippen molar-refractivity contribution >= 4 is 53.9 Å². The highest BCUT2D eigenvalue weighted by Gasteiger charge is 2.19. The minimum absolute atomic E-state index is 0.110. The van der Waals surface area contributed by atoms with Gasteiger partial charge in [-0.05, 0) is 100 Å². The SMILES string of the molecule is CC(C)(C)c1ccc(C#Cc2c3ccccc3c3ccc4c(C#Cc5ccc(C(C)(C)C)cc5)c5ccccc5c5ccc2c3c45)cc1. The van der Waals surface area contributed by atoms with Crippen LogP contribution in [0.2, 0.25) is 0 Å². The van der Waals surface area contributed by atoms with Gasteiger partial charge in [-0.1, -0.05) is 162 Å². The first-order valence-electron chi connectivity index (χ1n) is 16.9. The second-order valence-electron chi connectivity index (χ2n) is 15.1. The van der Waals surface area contributed by atoms with Gasteiger partial charge in [-0.25, -0.2) is 0 Å². The third kappa shape index (κ3) is 4.98. The monoisotopic (exact) mass is 614 g/mol. The topological polar surface area (TPSA) is 0 Å². The molecule has 8 aromatic rings. The molecule has 230 valence electrons. The average Bonchev–Trinajstić information content (AvgIpc) is 3.08. The van der Waals surface area contributed by atoms with E-state index in [9.17, 15) is 0 Å². The standard InChI is InChI=1S/C48H38/c1-47(2,3)33-21-15-31(16-22-33)19-25-39-35-11-7-9-13-37(35)41-28-30-44-40(26-20-32-17-23-34(24-18-32)48(4,5)6)36-12-8-10-14-38(36)42-27-29-43(39)45(41)46(42)44/h7-18,21-24,27-30H,1-6H3. The molecule has 0 heterocycles. The van der Waals surface area contributed by atoms with Crippen molar-refractivity contribution < 1.29 is 0 Å². The van der Waals surface area contributed by atoms with E-state index in [0.717, 1.165) is 22.3 Å². The summed E-state index contributed by atoms with van der Waals surface area (Å²) < 4.78 is 0. The molecule has 0 N–H and O–H groups in total. The van der Waals surface area contributed by atoms with Crippen LogP contribution in [0.1, 0.15) is 74.9 Å². The zero-order valence-electron chi connectivity index (χ0n) is 28.5. The maximum absolute atomic E-state index is 3.65. The summed E-state index contributed by atoms with van der Waals surface area (Å²) in [4.78, 5) is 0. The zero-order valence-corrected chi connectivity index (χ0v) is 28.5. The van der Waals surface area contributed by atoms with Crippen LogP contribution in [0.4, 0.5) is 0 Å². The molecule has 0 amide bonds. The minimum atomic E-state index is 0.110. The van der Waals surface area contributed by atoms with E-state index < -0.39 is 0 Å². The Morgan fingerprint density at radius 1 is 0.312 bits per heavy atom. The van der Waals surface area contributed by atoms with Gasteiger partial charge in [-0.3, -0.25) is 0 Å². The summed E-state index contributed by atoms with van der Waals surface area (Å²) in [5, 5.41) is 12.2. The van der Waals surface area contributed by atoms with Gasteiger partial charge in [0.2, 0.25) is 0 Å². The van der Waals surface area contributed by atoms with Crippen LogP contribution in [-0.2, 0) is 10.8 Å². The van der Waals surface area contributed by atoms with E-state index in [1.807, 2.05) is 0 Å². The van der Waals surface area contributed by atoms with E-state index in [0.29, 0.717) is 0 Å². The summed E-state index contributed by atoms with van der Waals surface area (Å²) >= 11 is 0. The van der Waals surface area contributed by atoms with Gasteiger partial charge in [0.25, 0.3) is 0 Å². The van der Waals surface area contributed by atoms with Crippen LogP contribution in [0.5, 0.6) is 0 Å². The molecule has 8 rings (SSSR count). The summed E-state index contributed by atoms with van der Waals surface area (Å²) in [5.41, 5.74) is 7.05. The second-order valence-corrected chi connectivity index (χ2v) is 15.1. The van der Waals surface area contributed by atoms with E-state index in [4.69, 9.17) is 0 Å². The highest BCUT2D eigenvalue weighted by atomic mass is 14.2. The third-order valence-corrected chi connectivity index (χ3v) is 9.84. The van der Waals surface area contributed by atoms with Crippen LogP contribution in [0.25, 0.3) is 53.9 Å². The van der Waals surface area contributed by atoms with Crippen LogP contribution in [-0.4, -0.2) is 0 Å². The largest absolute Gasteiger partial charge is 0.0616 e. The lowest BCUT2D eigenvalue weighted by Gasteiger charge is -2.19. The van der Waals surface area contributed by atoms with Gasteiger partial charge in [0, 0.05) is 22.3 Å². The molecule has 8 aromatic carbocycles. The predicted molar refractivity (Wildman–Crippen MR) is 207 cm³/mol. The van der Waals surface area contributed by atoms with Crippen molar-refractivity contribution in [2.45, 2.75) is 52.4 Å². The fraction of sp³-hybridized carbons (Fsp3) is 0.167. The minimum Gasteiger partial charge on any atom is -0.0616 e. The molecule has 0 aliphatic carbocycles. The Bertz CT molecular complexity index is 2460. The molecule has 0 heteroatoms. The van der Waals surface area contributed by atoms with E-state index in [1.54, 1.807) is 0 Å². The van der Waals surface area contributed by atoms with Crippen molar-refractivity contribution in [2.24, 2.45) is 0 Å². The number of benzene rings is 8. The highest BCUT2D eigenvalue weighted by molar-refractivity contribution is 6.35. The Morgan fingerprint density at radius 3 is 1.00 bits per heavy atom. The van der Waals surface area contributed by atoms with E-state index >= 15 is 0 Å². The van der Waals surface area contributed by atoms with Crippen LogP contribution < -0.4 is 0 Å². The van der Waals surface area contributed by atoms with Crippen molar-refractivity contribution in [3.63, 3.8) is 0 Å². The normalized spacial score (nSPS) is 12.0. The van der Waals surface area contributed by atoms with Crippen LogP contribution in [0, 0.1) is 23.7 Å². The Morgan fingerprint density at radius 2 is 0.646 bits per heavy atom. The first kappa shape index (κ1) is 29.8. The molecule has 0 atom stereocenters. The zero-order chi connectivity index (χ0) is 33.2. The van der Waals surface area contributed by atoms with Crippen molar-refractivity contribution in [3.8, 4) is 23.7 Å².